The first-order valence-electron chi connectivity index (χ1n) is 6.40. The minimum atomic E-state index is -3.81. The predicted molar refractivity (Wildman–Crippen MR) is 74.2 cm³/mol. The molecule has 0 saturated carbocycles. The number of rotatable bonds is 7. The third kappa shape index (κ3) is 3.54. The Bertz CT molecular complexity index is 581. The van der Waals surface area contributed by atoms with E-state index < -0.39 is 15.4 Å². The van der Waals surface area contributed by atoms with Gasteiger partial charge in [0, 0.05) is 24.8 Å². The van der Waals surface area contributed by atoms with E-state index in [1.165, 1.54) is 18.3 Å². The molecule has 1 aromatic heterocycles. The highest BCUT2D eigenvalue weighted by molar-refractivity contribution is 7.89. The topological polar surface area (TPSA) is 103 Å². The average molecular weight is 297 g/mol. The summed E-state index contributed by atoms with van der Waals surface area (Å²) < 4.78 is 26.9. The third-order valence-corrected chi connectivity index (χ3v) is 5.07. The highest BCUT2D eigenvalue weighted by Crippen LogP contribution is 2.25. The number of hydrogen-bond donors (Lipinski definition) is 2. The van der Waals surface area contributed by atoms with Crippen molar-refractivity contribution in [3.05, 3.63) is 24.0 Å². The lowest BCUT2D eigenvalue weighted by molar-refractivity contribution is 0.119. The summed E-state index contributed by atoms with van der Waals surface area (Å²) >= 11 is 0. The van der Waals surface area contributed by atoms with Gasteiger partial charge in [0.15, 0.2) is 5.69 Å². The van der Waals surface area contributed by atoms with Gasteiger partial charge in [-0.3, -0.25) is 0 Å². The van der Waals surface area contributed by atoms with Gasteiger partial charge < -0.3 is 5.11 Å². The SMILES string of the molecule is CCC(CC)(CO)CNS(=O)(=O)c1cccnc1C#N. The van der Waals surface area contributed by atoms with E-state index in [0.717, 1.165) is 0 Å². The highest BCUT2D eigenvalue weighted by atomic mass is 32.2. The van der Waals surface area contributed by atoms with Crippen LogP contribution in [0.2, 0.25) is 0 Å². The number of aromatic nitrogens is 1. The van der Waals surface area contributed by atoms with E-state index in [-0.39, 0.29) is 23.7 Å². The van der Waals surface area contributed by atoms with Crippen molar-refractivity contribution in [2.45, 2.75) is 31.6 Å². The molecule has 110 valence electrons. The Hall–Kier alpha value is -1.49. The first kappa shape index (κ1) is 16.6. The molecule has 0 bridgehead atoms. The normalized spacial score (nSPS) is 12.1. The molecule has 0 unspecified atom stereocenters. The smallest absolute Gasteiger partial charge is 0.243 e. The van der Waals surface area contributed by atoms with Crippen LogP contribution in [0, 0.1) is 16.7 Å². The third-order valence-electron chi connectivity index (χ3n) is 3.64. The molecule has 6 nitrogen and oxygen atoms in total. The molecule has 2 N–H and O–H groups in total. The van der Waals surface area contributed by atoms with E-state index in [2.05, 4.69) is 9.71 Å². The first-order chi connectivity index (χ1) is 9.44. The van der Waals surface area contributed by atoms with Gasteiger partial charge in [-0.2, -0.15) is 5.26 Å². The summed E-state index contributed by atoms with van der Waals surface area (Å²) in [5.74, 6) is 0. The lowest BCUT2D eigenvalue weighted by atomic mass is 9.84. The number of pyridine rings is 1. The number of aliphatic hydroxyl groups excluding tert-OH is 1. The monoisotopic (exact) mass is 297 g/mol. The Morgan fingerprint density at radius 3 is 2.60 bits per heavy atom. The Balaban J connectivity index is 3.00. The van der Waals surface area contributed by atoms with Crippen LogP contribution < -0.4 is 4.72 Å². The summed E-state index contributed by atoms with van der Waals surface area (Å²) in [6.45, 7) is 3.83. The molecule has 1 heterocycles. The molecule has 1 rings (SSSR count). The second kappa shape index (κ2) is 6.79. The first-order valence-corrected chi connectivity index (χ1v) is 7.88. The van der Waals surface area contributed by atoms with Crippen LogP contribution in [0.3, 0.4) is 0 Å². The summed E-state index contributed by atoms with van der Waals surface area (Å²) in [6, 6.07) is 4.57. The molecule has 20 heavy (non-hydrogen) atoms. The van der Waals surface area contributed by atoms with Crippen molar-refractivity contribution in [3.8, 4) is 6.07 Å². The molecule has 0 aliphatic carbocycles. The van der Waals surface area contributed by atoms with E-state index in [0.29, 0.717) is 12.8 Å². The highest BCUT2D eigenvalue weighted by Gasteiger charge is 2.28. The molecule has 1 aromatic rings. The van der Waals surface area contributed by atoms with Crippen molar-refractivity contribution in [3.63, 3.8) is 0 Å². The van der Waals surface area contributed by atoms with Crippen molar-refractivity contribution in [2.24, 2.45) is 5.41 Å². The lowest BCUT2D eigenvalue weighted by Gasteiger charge is -2.29. The van der Waals surface area contributed by atoms with Crippen LogP contribution in [0.5, 0.6) is 0 Å². The fraction of sp³-hybridized carbons (Fsp3) is 0.538. The summed E-state index contributed by atoms with van der Waals surface area (Å²) in [4.78, 5) is 3.60. The van der Waals surface area contributed by atoms with Crippen molar-refractivity contribution in [2.75, 3.05) is 13.2 Å². The van der Waals surface area contributed by atoms with Crippen LogP contribution in [-0.4, -0.2) is 31.7 Å². The largest absolute Gasteiger partial charge is 0.396 e. The van der Waals surface area contributed by atoms with Gasteiger partial charge in [-0.25, -0.2) is 18.1 Å². The average Bonchev–Trinajstić information content (AvgIpc) is 2.49. The molecule has 0 spiro atoms. The number of sulfonamides is 1. The van der Waals surface area contributed by atoms with Crippen LogP contribution in [-0.2, 0) is 10.0 Å². The Morgan fingerprint density at radius 1 is 1.45 bits per heavy atom. The molecular formula is C13H19N3O3S. The van der Waals surface area contributed by atoms with Crippen LogP contribution in [0.1, 0.15) is 32.4 Å². The molecule has 0 aliphatic rings. The van der Waals surface area contributed by atoms with Crippen molar-refractivity contribution >= 4 is 10.0 Å². The van der Waals surface area contributed by atoms with Gasteiger partial charge in [-0.05, 0) is 25.0 Å². The molecule has 0 saturated heterocycles. The molecule has 0 aliphatic heterocycles. The fourth-order valence-electron chi connectivity index (χ4n) is 1.80. The summed E-state index contributed by atoms with van der Waals surface area (Å²) in [6.07, 6.45) is 2.68. The zero-order valence-corrected chi connectivity index (χ0v) is 12.4. The number of aliphatic hydroxyl groups is 1. The van der Waals surface area contributed by atoms with E-state index in [9.17, 15) is 13.5 Å². The van der Waals surface area contributed by atoms with Crippen LogP contribution in [0.25, 0.3) is 0 Å². The predicted octanol–water partition coefficient (Wildman–Crippen LogP) is 1.03. The van der Waals surface area contributed by atoms with Gasteiger partial charge in [0.25, 0.3) is 0 Å². The number of nitrogens with zero attached hydrogens (tertiary/aromatic N) is 2. The van der Waals surface area contributed by atoms with Crippen LogP contribution in [0.15, 0.2) is 23.2 Å². The van der Waals surface area contributed by atoms with E-state index in [4.69, 9.17) is 5.26 Å². The van der Waals surface area contributed by atoms with Gasteiger partial charge >= 0.3 is 0 Å². The van der Waals surface area contributed by atoms with Gasteiger partial charge in [-0.15, -0.1) is 0 Å². The van der Waals surface area contributed by atoms with E-state index >= 15 is 0 Å². The van der Waals surface area contributed by atoms with E-state index in [1.807, 2.05) is 13.8 Å². The maximum Gasteiger partial charge on any atom is 0.243 e. The molecule has 0 amide bonds. The summed E-state index contributed by atoms with van der Waals surface area (Å²) in [5, 5.41) is 18.3. The van der Waals surface area contributed by atoms with Gasteiger partial charge in [0.2, 0.25) is 10.0 Å². The van der Waals surface area contributed by atoms with Crippen LogP contribution in [0.4, 0.5) is 0 Å². The van der Waals surface area contributed by atoms with E-state index in [1.54, 1.807) is 6.07 Å². The lowest BCUT2D eigenvalue weighted by Crippen LogP contribution is -2.39. The van der Waals surface area contributed by atoms with Crippen molar-refractivity contribution in [1.82, 2.24) is 9.71 Å². The van der Waals surface area contributed by atoms with Crippen molar-refractivity contribution < 1.29 is 13.5 Å². The molecular weight excluding hydrogens is 278 g/mol. The zero-order chi connectivity index (χ0) is 15.2. The van der Waals surface area contributed by atoms with Gasteiger partial charge in [0.05, 0.1) is 0 Å². The molecule has 0 fully saturated rings. The molecule has 0 atom stereocenters. The summed E-state index contributed by atoms with van der Waals surface area (Å²) in [5.41, 5.74) is -0.621. The quantitative estimate of drug-likeness (QED) is 0.782. The fourth-order valence-corrected chi connectivity index (χ4v) is 3.06. The molecule has 0 radical (unpaired) electrons. The maximum atomic E-state index is 12.2. The minimum Gasteiger partial charge on any atom is -0.396 e. The standard InChI is InChI=1S/C13H19N3O3S/c1-3-13(4-2,10-17)9-16-20(18,19)12-6-5-7-15-11(12)8-14/h5-7,16-17H,3-4,9-10H2,1-2H3. The number of nitriles is 1. The molecule has 0 aromatic carbocycles. The number of hydrogen-bond acceptors (Lipinski definition) is 5. The van der Waals surface area contributed by atoms with Crippen LogP contribution >= 0.6 is 0 Å². The Morgan fingerprint density at radius 2 is 2.10 bits per heavy atom. The Kier molecular flexibility index (Phi) is 5.62. The second-order valence-corrected chi connectivity index (χ2v) is 6.39. The van der Waals surface area contributed by atoms with Gasteiger partial charge in [0.1, 0.15) is 11.0 Å². The minimum absolute atomic E-state index is 0.0966. The molecule has 7 heteroatoms. The summed E-state index contributed by atoms with van der Waals surface area (Å²) in [7, 11) is -3.81. The number of nitrogens with one attached hydrogen (secondary N) is 1. The zero-order valence-electron chi connectivity index (χ0n) is 11.6. The second-order valence-electron chi connectivity index (χ2n) is 4.65. The maximum absolute atomic E-state index is 12.2. The Labute approximate surface area is 119 Å². The van der Waals surface area contributed by atoms with Gasteiger partial charge in [-0.1, -0.05) is 13.8 Å². The van der Waals surface area contributed by atoms with Crippen molar-refractivity contribution in [1.29, 1.82) is 5.26 Å².